The number of nitrogens with two attached hydrogens (primary N) is 1. The standard InChI is InChI=1S/C12H17NO2/c13-10-4-5-12(15,8-10)7-9-2-1-3-11(14)6-9/h1-3,6,10,14-15H,4-5,7-8,13H2. The van der Waals surface area contributed by atoms with E-state index in [9.17, 15) is 10.2 Å². The van der Waals surface area contributed by atoms with E-state index in [0.717, 1.165) is 18.4 Å². The second-order valence-electron chi connectivity index (χ2n) is 4.57. The van der Waals surface area contributed by atoms with Crippen LogP contribution < -0.4 is 5.73 Å². The molecule has 3 nitrogen and oxygen atoms in total. The topological polar surface area (TPSA) is 66.5 Å². The van der Waals surface area contributed by atoms with Gasteiger partial charge in [0.1, 0.15) is 5.75 Å². The first-order chi connectivity index (χ1) is 7.07. The minimum atomic E-state index is -0.673. The summed E-state index contributed by atoms with van der Waals surface area (Å²) in [6.45, 7) is 0. The van der Waals surface area contributed by atoms with Crippen molar-refractivity contribution in [3.63, 3.8) is 0 Å². The van der Waals surface area contributed by atoms with Gasteiger partial charge in [-0.25, -0.2) is 0 Å². The predicted octanol–water partition coefficient (Wildman–Crippen LogP) is 1.18. The molecule has 2 atom stereocenters. The van der Waals surface area contributed by atoms with Crippen molar-refractivity contribution < 1.29 is 10.2 Å². The fourth-order valence-corrected chi connectivity index (χ4v) is 2.35. The van der Waals surface area contributed by atoms with Gasteiger partial charge < -0.3 is 15.9 Å². The van der Waals surface area contributed by atoms with Crippen LogP contribution in [0.5, 0.6) is 5.75 Å². The largest absolute Gasteiger partial charge is 0.508 e. The third kappa shape index (κ3) is 2.49. The molecule has 3 heteroatoms. The van der Waals surface area contributed by atoms with E-state index in [1.54, 1.807) is 18.2 Å². The molecule has 1 fully saturated rings. The predicted molar refractivity (Wildman–Crippen MR) is 58.6 cm³/mol. The third-order valence-electron chi connectivity index (χ3n) is 3.07. The molecule has 2 unspecified atom stereocenters. The van der Waals surface area contributed by atoms with E-state index in [0.29, 0.717) is 12.8 Å². The first-order valence-corrected chi connectivity index (χ1v) is 5.33. The number of aliphatic hydroxyl groups is 1. The Morgan fingerprint density at radius 1 is 1.47 bits per heavy atom. The molecule has 0 aromatic heterocycles. The second-order valence-corrected chi connectivity index (χ2v) is 4.57. The minimum absolute atomic E-state index is 0.118. The average molecular weight is 207 g/mol. The Balaban J connectivity index is 2.08. The Hall–Kier alpha value is -1.06. The molecule has 1 aromatic carbocycles. The maximum atomic E-state index is 10.2. The maximum absolute atomic E-state index is 10.2. The molecular weight excluding hydrogens is 190 g/mol. The van der Waals surface area contributed by atoms with Gasteiger partial charge in [0.25, 0.3) is 0 Å². The Bertz CT molecular complexity index is 353. The normalized spacial score (nSPS) is 30.7. The molecule has 1 aliphatic rings. The summed E-state index contributed by atoms with van der Waals surface area (Å²) in [7, 11) is 0. The molecule has 0 aliphatic heterocycles. The summed E-state index contributed by atoms with van der Waals surface area (Å²) >= 11 is 0. The van der Waals surface area contributed by atoms with Crippen LogP contribution in [0.15, 0.2) is 24.3 Å². The zero-order valence-electron chi connectivity index (χ0n) is 8.69. The molecule has 15 heavy (non-hydrogen) atoms. The lowest BCUT2D eigenvalue weighted by molar-refractivity contribution is 0.0468. The van der Waals surface area contributed by atoms with Crippen LogP contribution in [0.1, 0.15) is 24.8 Å². The highest BCUT2D eigenvalue weighted by Gasteiger charge is 2.35. The smallest absolute Gasteiger partial charge is 0.115 e. The van der Waals surface area contributed by atoms with Gasteiger partial charge in [-0.05, 0) is 37.0 Å². The van der Waals surface area contributed by atoms with Crippen molar-refractivity contribution in [3.8, 4) is 5.75 Å². The molecule has 0 spiro atoms. The van der Waals surface area contributed by atoms with Crippen LogP contribution >= 0.6 is 0 Å². The van der Waals surface area contributed by atoms with Crippen LogP contribution in [0.4, 0.5) is 0 Å². The second kappa shape index (κ2) is 3.83. The molecule has 1 saturated carbocycles. The lowest BCUT2D eigenvalue weighted by Gasteiger charge is -2.22. The monoisotopic (exact) mass is 207 g/mol. The van der Waals surface area contributed by atoms with E-state index in [1.807, 2.05) is 6.07 Å². The maximum Gasteiger partial charge on any atom is 0.115 e. The van der Waals surface area contributed by atoms with Crippen LogP contribution in [-0.4, -0.2) is 21.9 Å². The van der Waals surface area contributed by atoms with Gasteiger partial charge in [-0.2, -0.15) is 0 Å². The summed E-state index contributed by atoms with van der Waals surface area (Å²) in [5.74, 6) is 0.249. The molecule has 0 saturated heterocycles. The van der Waals surface area contributed by atoms with Crippen molar-refractivity contribution >= 4 is 0 Å². The molecule has 0 amide bonds. The van der Waals surface area contributed by atoms with Crippen molar-refractivity contribution in [2.75, 3.05) is 0 Å². The Kier molecular flexibility index (Phi) is 2.67. The summed E-state index contributed by atoms with van der Waals surface area (Å²) in [6.07, 6.45) is 2.87. The van der Waals surface area contributed by atoms with Crippen LogP contribution in [-0.2, 0) is 6.42 Å². The Morgan fingerprint density at radius 3 is 2.87 bits per heavy atom. The van der Waals surface area contributed by atoms with Gasteiger partial charge in [0.05, 0.1) is 5.60 Å². The van der Waals surface area contributed by atoms with Crippen molar-refractivity contribution in [1.29, 1.82) is 0 Å². The Labute approximate surface area is 89.5 Å². The van der Waals surface area contributed by atoms with Crippen molar-refractivity contribution in [2.45, 2.75) is 37.3 Å². The number of aromatic hydroxyl groups is 1. The molecule has 0 radical (unpaired) electrons. The van der Waals surface area contributed by atoms with Crippen LogP contribution in [0.2, 0.25) is 0 Å². The van der Waals surface area contributed by atoms with E-state index < -0.39 is 5.60 Å². The number of phenolic OH excluding ortho intramolecular Hbond substituents is 1. The number of phenols is 1. The van der Waals surface area contributed by atoms with E-state index in [-0.39, 0.29) is 11.8 Å². The molecule has 2 rings (SSSR count). The summed E-state index contributed by atoms with van der Waals surface area (Å²) in [5, 5.41) is 19.6. The quantitative estimate of drug-likeness (QED) is 0.682. The summed E-state index contributed by atoms with van der Waals surface area (Å²) in [5.41, 5.74) is 6.08. The van der Waals surface area contributed by atoms with Crippen LogP contribution in [0.3, 0.4) is 0 Å². The minimum Gasteiger partial charge on any atom is -0.508 e. The van der Waals surface area contributed by atoms with E-state index in [4.69, 9.17) is 5.73 Å². The fourth-order valence-electron chi connectivity index (χ4n) is 2.35. The number of hydrogen-bond donors (Lipinski definition) is 3. The summed E-state index contributed by atoms with van der Waals surface area (Å²) < 4.78 is 0. The average Bonchev–Trinajstić information content (AvgIpc) is 2.45. The number of benzene rings is 1. The third-order valence-corrected chi connectivity index (χ3v) is 3.07. The van der Waals surface area contributed by atoms with E-state index >= 15 is 0 Å². The van der Waals surface area contributed by atoms with Gasteiger partial charge >= 0.3 is 0 Å². The number of rotatable bonds is 2. The van der Waals surface area contributed by atoms with Crippen LogP contribution in [0, 0.1) is 0 Å². The highest BCUT2D eigenvalue weighted by molar-refractivity contribution is 5.28. The zero-order valence-corrected chi connectivity index (χ0v) is 8.69. The first-order valence-electron chi connectivity index (χ1n) is 5.33. The van der Waals surface area contributed by atoms with Gasteiger partial charge in [0.15, 0.2) is 0 Å². The Morgan fingerprint density at radius 2 is 2.27 bits per heavy atom. The van der Waals surface area contributed by atoms with Gasteiger partial charge in [-0.3, -0.25) is 0 Å². The van der Waals surface area contributed by atoms with Gasteiger partial charge in [0, 0.05) is 12.5 Å². The number of hydrogen-bond acceptors (Lipinski definition) is 3. The highest BCUT2D eigenvalue weighted by atomic mass is 16.3. The lowest BCUT2D eigenvalue weighted by Crippen LogP contribution is -2.30. The van der Waals surface area contributed by atoms with Crippen molar-refractivity contribution in [3.05, 3.63) is 29.8 Å². The summed E-state index contributed by atoms with van der Waals surface area (Å²) in [6, 6.07) is 7.16. The SMILES string of the molecule is NC1CCC(O)(Cc2cccc(O)c2)C1. The lowest BCUT2D eigenvalue weighted by atomic mass is 9.93. The van der Waals surface area contributed by atoms with Gasteiger partial charge in [0.2, 0.25) is 0 Å². The van der Waals surface area contributed by atoms with Crippen molar-refractivity contribution in [1.82, 2.24) is 0 Å². The fraction of sp³-hybridized carbons (Fsp3) is 0.500. The molecule has 82 valence electrons. The molecular formula is C12H17NO2. The van der Waals surface area contributed by atoms with E-state index in [1.165, 1.54) is 0 Å². The molecule has 1 aromatic rings. The molecule has 0 bridgehead atoms. The van der Waals surface area contributed by atoms with Gasteiger partial charge in [-0.1, -0.05) is 12.1 Å². The molecule has 4 N–H and O–H groups in total. The first kappa shape index (κ1) is 10.5. The van der Waals surface area contributed by atoms with E-state index in [2.05, 4.69) is 0 Å². The van der Waals surface area contributed by atoms with Gasteiger partial charge in [-0.15, -0.1) is 0 Å². The molecule has 0 heterocycles. The summed E-state index contributed by atoms with van der Waals surface area (Å²) in [4.78, 5) is 0. The van der Waals surface area contributed by atoms with Crippen LogP contribution in [0.25, 0.3) is 0 Å². The highest BCUT2D eigenvalue weighted by Crippen LogP contribution is 2.32. The van der Waals surface area contributed by atoms with Crippen molar-refractivity contribution in [2.24, 2.45) is 5.73 Å². The zero-order chi connectivity index (χ0) is 10.9. The molecule has 1 aliphatic carbocycles.